The molecule has 0 spiro atoms. The van der Waals surface area contributed by atoms with Gasteiger partial charge in [-0.3, -0.25) is 0 Å². The molecule has 8 rings (SSSR count). The third-order valence-corrected chi connectivity index (χ3v) is 10.0. The van der Waals surface area contributed by atoms with Crippen LogP contribution in [0.25, 0.3) is 82.7 Å². The quantitative estimate of drug-likeness (QED) is 0.203. The maximum absolute atomic E-state index is 5.30. The van der Waals surface area contributed by atoms with E-state index in [1.807, 2.05) is 12.1 Å². The minimum Gasteiger partial charge on any atom is -0.226 e. The largest absolute Gasteiger partial charge is 0.226 e. The second-order valence-corrected chi connectivity index (χ2v) is 12.7. The molecule has 0 unspecified atom stereocenters. The van der Waals surface area contributed by atoms with Crippen molar-refractivity contribution < 1.29 is 0 Å². The van der Waals surface area contributed by atoms with Crippen molar-refractivity contribution in [3.63, 3.8) is 0 Å². The third kappa shape index (κ3) is 4.47. The van der Waals surface area contributed by atoms with E-state index in [2.05, 4.69) is 136 Å². The number of aryl methyl sites for hydroxylation is 1. The standard InChI is InChI=1S/C42H30N2S/c1-5-10-29-19-22-32-24-33(23-31-16-15-26(3)37(29)38(31)32)42-43-39(41-40(44-42)35-13-8-9-14-36(35)45-41)30-20-17-28(18-21-30)27(4)34-12-7-6-11-25(34)2/h5-24H,1-2H2,3-4H3/b29-10-,34-27+. The number of aromatic nitrogens is 2. The van der Waals surface area contributed by atoms with Crippen LogP contribution in [0.2, 0.25) is 0 Å². The molecule has 0 aliphatic carbocycles. The monoisotopic (exact) mass is 594 g/mol. The van der Waals surface area contributed by atoms with Crippen molar-refractivity contribution in [2.75, 3.05) is 0 Å². The molecule has 0 aliphatic rings. The topological polar surface area (TPSA) is 25.8 Å². The van der Waals surface area contributed by atoms with Crippen LogP contribution in [0.15, 0.2) is 122 Å². The summed E-state index contributed by atoms with van der Waals surface area (Å²) in [7, 11) is 0. The molecule has 2 heterocycles. The first-order chi connectivity index (χ1) is 22.0. The first-order valence-electron chi connectivity index (χ1n) is 15.1. The van der Waals surface area contributed by atoms with Crippen LogP contribution >= 0.6 is 11.3 Å². The van der Waals surface area contributed by atoms with E-state index in [0.717, 1.165) is 43.5 Å². The van der Waals surface area contributed by atoms with Crippen molar-refractivity contribution >= 4 is 71.4 Å². The van der Waals surface area contributed by atoms with E-state index < -0.39 is 0 Å². The Kier molecular flexibility index (Phi) is 6.44. The Labute approximate surface area is 265 Å². The summed E-state index contributed by atoms with van der Waals surface area (Å²) in [5, 5.41) is 9.45. The number of thiophene rings is 1. The lowest BCUT2D eigenvalue weighted by Gasteiger charge is -2.13. The summed E-state index contributed by atoms with van der Waals surface area (Å²) in [5.74, 6) is 0.736. The van der Waals surface area contributed by atoms with Crippen LogP contribution in [0, 0.1) is 6.92 Å². The molecule has 0 bridgehead atoms. The molecule has 0 atom stereocenters. The van der Waals surface area contributed by atoms with E-state index in [1.54, 1.807) is 11.3 Å². The lowest BCUT2D eigenvalue weighted by atomic mass is 9.93. The van der Waals surface area contributed by atoms with Gasteiger partial charge in [-0.15, -0.1) is 11.3 Å². The highest BCUT2D eigenvalue weighted by molar-refractivity contribution is 7.26. The normalized spacial score (nSPS) is 12.9. The summed E-state index contributed by atoms with van der Waals surface area (Å²) in [6.45, 7) is 12.5. The van der Waals surface area contributed by atoms with Crippen molar-refractivity contribution in [3.05, 3.63) is 149 Å². The van der Waals surface area contributed by atoms with E-state index in [-0.39, 0.29) is 0 Å². The number of benzene rings is 6. The summed E-state index contributed by atoms with van der Waals surface area (Å²) < 4.78 is 2.32. The van der Waals surface area contributed by atoms with Gasteiger partial charge in [0.25, 0.3) is 0 Å². The number of rotatable bonds is 4. The predicted octanol–water partition coefficient (Wildman–Crippen LogP) is 9.11. The number of allylic oxidation sites excluding steroid dienone is 1. The van der Waals surface area contributed by atoms with Crippen LogP contribution in [0.1, 0.15) is 18.1 Å². The number of hydrogen-bond acceptors (Lipinski definition) is 3. The summed E-state index contributed by atoms with van der Waals surface area (Å²) in [6.07, 6.45) is 3.95. The van der Waals surface area contributed by atoms with Crippen LogP contribution in [0.4, 0.5) is 0 Å². The zero-order chi connectivity index (χ0) is 30.7. The molecule has 0 amide bonds. The summed E-state index contributed by atoms with van der Waals surface area (Å²) in [6, 6.07) is 38.9. The highest BCUT2D eigenvalue weighted by atomic mass is 32.1. The molecule has 45 heavy (non-hydrogen) atoms. The minimum atomic E-state index is 0.736. The number of nitrogens with zero attached hydrogens (tertiary/aromatic N) is 2. The lowest BCUT2D eigenvalue weighted by Crippen LogP contribution is -2.24. The van der Waals surface area contributed by atoms with Crippen LogP contribution < -0.4 is 15.7 Å². The smallest absolute Gasteiger partial charge is 0.160 e. The number of hydrogen-bond donors (Lipinski definition) is 0. The van der Waals surface area contributed by atoms with Gasteiger partial charge in [-0.2, -0.15) is 0 Å². The molecular formula is C42H30N2S. The zero-order valence-electron chi connectivity index (χ0n) is 25.3. The molecule has 0 aliphatic heterocycles. The Balaban J connectivity index is 1.36. The van der Waals surface area contributed by atoms with Gasteiger partial charge in [-0.1, -0.05) is 116 Å². The number of fused-ring (bicyclic) bond motifs is 3. The average Bonchev–Trinajstić information content (AvgIpc) is 3.45. The SMILES string of the molecule is C=C/C=c1/ccc2cc(-c3nc(-c4ccc(/C(C)=c5\ccccc5=C)cc4)c4sc5ccccc5c4n3)cc3ccc(C)c1c32. The van der Waals surface area contributed by atoms with Gasteiger partial charge in [-0.25, -0.2) is 9.97 Å². The fourth-order valence-corrected chi connectivity index (χ4v) is 7.75. The van der Waals surface area contributed by atoms with Gasteiger partial charge in [0.2, 0.25) is 0 Å². The maximum Gasteiger partial charge on any atom is 0.160 e. The van der Waals surface area contributed by atoms with Crippen LogP contribution in [-0.2, 0) is 0 Å². The van der Waals surface area contributed by atoms with Crippen molar-refractivity contribution in [3.8, 4) is 22.6 Å². The van der Waals surface area contributed by atoms with E-state index in [4.69, 9.17) is 9.97 Å². The Hall–Kier alpha value is -5.38. The first-order valence-corrected chi connectivity index (χ1v) is 16.0. The molecule has 214 valence electrons. The first kappa shape index (κ1) is 27.2. The highest BCUT2D eigenvalue weighted by Crippen LogP contribution is 2.40. The zero-order valence-corrected chi connectivity index (χ0v) is 26.1. The van der Waals surface area contributed by atoms with Gasteiger partial charge in [0, 0.05) is 21.2 Å². The Morgan fingerprint density at radius 1 is 0.756 bits per heavy atom. The molecular weight excluding hydrogens is 565 g/mol. The predicted molar refractivity (Wildman–Crippen MR) is 195 cm³/mol. The molecule has 8 aromatic rings. The summed E-state index contributed by atoms with van der Waals surface area (Å²) in [4.78, 5) is 10.5. The fraction of sp³-hybridized carbons (Fsp3) is 0.0476. The van der Waals surface area contributed by atoms with E-state index >= 15 is 0 Å². The van der Waals surface area contributed by atoms with Gasteiger partial charge < -0.3 is 0 Å². The highest BCUT2D eigenvalue weighted by Gasteiger charge is 2.18. The fourth-order valence-electron chi connectivity index (χ4n) is 6.60. The van der Waals surface area contributed by atoms with Crippen molar-refractivity contribution in [2.45, 2.75) is 13.8 Å². The molecule has 0 N–H and O–H groups in total. The van der Waals surface area contributed by atoms with Gasteiger partial charge >= 0.3 is 0 Å². The molecule has 0 saturated carbocycles. The van der Waals surface area contributed by atoms with E-state index in [9.17, 15) is 0 Å². The minimum absolute atomic E-state index is 0.736. The third-order valence-electron chi connectivity index (χ3n) is 8.88. The molecule has 2 aromatic heterocycles. The van der Waals surface area contributed by atoms with Gasteiger partial charge in [0.15, 0.2) is 5.82 Å². The molecule has 0 saturated heterocycles. The Bertz CT molecular complexity index is 2620. The summed E-state index contributed by atoms with van der Waals surface area (Å²) >= 11 is 1.76. The van der Waals surface area contributed by atoms with Crippen LogP contribution in [-0.4, -0.2) is 9.97 Å². The van der Waals surface area contributed by atoms with E-state index in [1.165, 1.54) is 53.4 Å². The van der Waals surface area contributed by atoms with Gasteiger partial charge in [0.05, 0.1) is 15.9 Å². The maximum atomic E-state index is 5.30. The lowest BCUT2D eigenvalue weighted by molar-refractivity contribution is 1.24. The van der Waals surface area contributed by atoms with Gasteiger partial charge in [-0.05, 0) is 85.9 Å². The Morgan fingerprint density at radius 2 is 1.49 bits per heavy atom. The van der Waals surface area contributed by atoms with E-state index in [0.29, 0.717) is 0 Å². The molecule has 6 aromatic carbocycles. The molecule has 0 radical (unpaired) electrons. The van der Waals surface area contributed by atoms with Crippen LogP contribution in [0.5, 0.6) is 0 Å². The Morgan fingerprint density at radius 3 is 2.27 bits per heavy atom. The summed E-state index contributed by atoms with van der Waals surface area (Å²) in [5.41, 5.74) is 7.69. The van der Waals surface area contributed by atoms with Gasteiger partial charge in [0.1, 0.15) is 0 Å². The van der Waals surface area contributed by atoms with Crippen molar-refractivity contribution in [2.24, 2.45) is 0 Å². The van der Waals surface area contributed by atoms with Crippen molar-refractivity contribution in [1.82, 2.24) is 9.97 Å². The molecule has 0 fully saturated rings. The van der Waals surface area contributed by atoms with Crippen LogP contribution in [0.3, 0.4) is 0 Å². The van der Waals surface area contributed by atoms with Crippen molar-refractivity contribution in [1.29, 1.82) is 0 Å². The second kappa shape index (κ2) is 10.7. The molecule has 3 heteroatoms. The molecule has 2 nitrogen and oxygen atoms in total. The average molecular weight is 595 g/mol. The second-order valence-electron chi connectivity index (χ2n) is 11.6.